The van der Waals surface area contributed by atoms with E-state index in [2.05, 4.69) is 6.92 Å². The van der Waals surface area contributed by atoms with Gasteiger partial charge in [0.2, 0.25) is 0 Å². The molecular weight excluding hydrogens is 290 g/mol. The maximum Gasteiger partial charge on any atom is 0.409 e. The number of carbonyl (C=O) groups excluding carboxylic acids is 1. The number of aliphatic hydroxyl groups excluding tert-OH is 1. The molecule has 0 saturated heterocycles. The monoisotopic (exact) mass is 329 g/mol. The zero-order chi connectivity index (χ0) is 17.2. The van der Waals surface area contributed by atoms with Crippen molar-refractivity contribution < 1.29 is 14.6 Å². The molecule has 0 heterocycles. The van der Waals surface area contributed by atoms with E-state index in [0.29, 0.717) is 19.7 Å². The predicted octanol–water partition coefficient (Wildman–Crippen LogP) is 5.14. The summed E-state index contributed by atoms with van der Waals surface area (Å²) in [5.74, 6) is 0. The zero-order valence-electron chi connectivity index (χ0n) is 15.5. The summed E-state index contributed by atoms with van der Waals surface area (Å²) in [6, 6.07) is 0. The van der Waals surface area contributed by atoms with Crippen LogP contribution in [0.3, 0.4) is 0 Å². The number of unbranched alkanes of at least 4 members (excludes halogenated alkanes) is 11. The fraction of sp³-hybridized carbons (Fsp3) is 0.947. The average Bonchev–Trinajstić information content (AvgIpc) is 2.55. The molecule has 0 radical (unpaired) electrons. The van der Waals surface area contributed by atoms with Crippen molar-refractivity contribution in [3.8, 4) is 0 Å². The molecule has 0 aliphatic rings. The Morgan fingerprint density at radius 3 is 1.70 bits per heavy atom. The number of nitrogens with zero attached hydrogens (tertiary/aromatic N) is 1. The highest BCUT2D eigenvalue weighted by Gasteiger charge is 2.12. The largest absolute Gasteiger partial charge is 0.450 e. The molecular formula is C19H39NO3. The third kappa shape index (κ3) is 14.5. The third-order valence-electron chi connectivity index (χ3n) is 4.18. The van der Waals surface area contributed by atoms with E-state index in [1.165, 1.54) is 64.2 Å². The number of aliphatic hydroxyl groups is 1. The van der Waals surface area contributed by atoms with Crippen LogP contribution in [0.15, 0.2) is 0 Å². The van der Waals surface area contributed by atoms with Gasteiger partial charge in [-0.05, 0) is 13.3 Å². The van der Waals surface area contributed by atoms with Gasteiger partial charge in [-0.2, -0.15) is 0 Å². The number of rotatable bonds is 16. The standard InChI is InChI=1S/C19H39NO3/c1-3-5-6-7-8-9-10-11-12-13-14-15-16-20(17-18-21)19(22)23-4-2/h21H,3-18H2,1-2H3. The summed E-state index contributed by atoms with van der Waals surface area (Å²) in [5, 5.41) is 9.00. The van der Waals surface area contributed by atoms with Crippen LogP contribution in [0.1, 0.15) is 90.9 Å². The van der Waals surface area contributed by atoms with Crippen molar-refractivity contribution in [1.82, 2.24) is 4.90 Å². The van der Waals surface area contributed by atoms with Crippen LogP contribution >= 0.6 is 0 Å². The van der Waals surface area contributed by atoms with Crippen LogP contribution in [0, 0.1) is 0 Å². The van der Waals surface area contributed by atoms with Crippen LogP contribution in [0.5, 0.6) is 0 Å². The molecule has 0 aliphatic heterocycles. The van der Waals surface area contributed by atoms with Crippen molar-refractivity contribution in [2.45, 2.75) is 90.9 Å². The zero-order valence-corrected chi connectivity index (χ0v) is 15.5. The Balaban J connectivity index is 3.40. The molecule has 0 atom stereocenters. The van der Waals surface area contributed by atoms with Gasteiger partial charge in [0, 0.05) is 13.1 Å². The predicted molar refractivity (Wildman–Crippen MR) is 96.8 cm³/mol. The normalized spacial score (nSPS) is 10.7. The summed E-state index contributed by atoms with van der Waals surface area (Å²) >= 11 is 0. The first-order valence-electron chi connectivity index (χ1n) is 9.78. The molecule has 0 aromatic rings. The minimum absolute atomic E-state index is 0.00291. The van der Waals surface area contributed by atoms with Crippen molar-refractivity contribution in [2.24, 2.45) is 0 Å². The van der Waals surface area contributed by atoms with Crippen molar-refractivity contribution in [2.75, 3.05) is 26.3 Å². The summed E-state index contributed by atoms with van der Waals surface area (Å²) in [6.07, 6.45) is 15.4. The van der Waals surface area contributed by atoms with Gasteiger partial charge in [0.15, 0.2) is 0 Å². The molecule has 4 nitrogen and oxygen atoms in total. The fourth-order valence-corrected chi connectivity index (χ4v) is 2.77. The van der Waals surface area contributed by atoms with Crippen LogP contribution in [-0.2, 0) is 4.74 Å². The highest BCUT2D eigenvalue weighted by atomic mass is 16.6. The molecule has 0 spiro atoms. The van der Waals surface area contributed by atoms with E-state index < -0.39 is 0 Å². The lowest BCUT2D eigenvalue weighted by molar-refractivity contribution is 0.0976. The Bertz CT molecular complexity index is 259. The van der Waals surface area contributed by atoms with E-state index in [4.69, 9.17) is 9.84 Å². The summed E-state index contributed by atoms with van der Waals surface area (Å²) in [6.45, 7) is 5.51. The van der Waals surface area contributed by atoms with Crippen LogP contribution in [0.25, 0.3) is 0 Å². The molecule has 23 heavy (non-hydrogen) atoms. The quantitative estimate of drug-likeness (QED) is 0.399. The van der Waals surface area contributed by atoms with Crippen LogP contribution in [0.2, 0.25) is 0 Å². The summed E-state index contributed by atoms with van der Waals surface area (Å²) in [4.78, 5) is 13.3. The molecule has 0 aromatic carbocycles. The first kappa shape index (κ1) is 22.2. The van der Waals surface area contributed by atoms with Gasteiger partial charge < -0.3 is 14.7 Å². The van der Waals surface area contributed by atoms with Gasteiger partial charge in [-0.15, -0.1) is 0 Å². The Hall–Kier alpha value is -0.770. The van der Waals surface area contributed by atoms with Crippen LogP contribution in [-0.4, -0.2) is 42.4 Å². The van der Waals surface area contributed by atoms with E-state index in [1.54, 1.807) is 11.8 Å². The van der Waals surface area contributed by atoms with E-state index >= 15 is 0 Å². The molecule has 1 N–H and O–H groups in total. The molecule has 0 aliphatic carbocycles. The second-order valence-corrected chi connectivity index (χ2v) is 6.30. The summed E-state index contributed by atoms with van der Waals surface area (Å²) in [7, 11) is 0. The van der Waals surface area contributed by atoms with E-state index in [1.807, 2.05) is 0 Å². The Morgan fingerprint density at radius 1 is 0.783 bits per heavy atom. The van der Waals surface area contributed by atoms with Crippen LogP contribution in [0.4, 0.5) is 4.79 Å². The Labute approximate surface area is 143 Å². The number of carbonyl (C=O) groups is 1. The lowest BCUT2D eigenvalue weighted by atomic mass is 10.1. The highest BCUT2D eigenvalue weighted by molar-refractivity contribution is 5.67. The molecule has 0 bridgehead atoms. The van der Waals surface area contributed by atoms with Gasteiger partial charge >= 0.3 is 6.09 Å². The van der Waals surface area contributed by atoms with E-state index in [9.17, 15) is 4.79 Å². The van der Waals surface area contributed by atoms with Crippen molar-refractivity contribution in [3.63, 3.8) is 0 Å². The maximum absolute atomic E-state index is 11.7. The number of ether oxygens (including phenoxy) is 1. The minimum Gasteiger partial charge on any atom is -0.450 e. The van der Waals surface area contributed by atoms with Crippen LogP contribution < -0.4 is 0 Å². The lowest BCUT2D eigenvalue weighted by Crippen LogP contribution is -2.34. The van der Waals surface area contributed by atoms with Gasteiger partial charge in [-0.3, -0.25) is 0 Å². The summed E-state index contributed by atoms with van der Waals surface area (Å²) in [5.41, 5.74) is 0. The molecule has 0 saturated carbocycles. The first-order valence-corrected chi connectivity index (χ1v) is 9.78. The second kappa shape index (κ2) is 17.6. The second-order valence-electron chi connectivity index (χ2n) is 6.30. The number of amides is 1. The van der Waals surface area contributed by atoms with Crippen molar-refractivity contribution >= 4 is 6.09 Å². The number of hydrogen-bond acceptors (Lipinski definition) is 3. The van der Waals surface area contributed by atoms with Crippen molar-refractivity contribution in [1.29, 1.82) is 0 Å². The Kier molecular flexibility index (Phi) is 17.0. The van der Waals surface area contributed by atoms with E-state index in [-0.39, 0.29) is 12.7 Å². The van der Waals surface area contributed by atoms with Gasteiger partial charge in [-0.25, -0.2) is 4.79 Å². The molecule has 1 amide bonds. The third-order valence-corrected chi connectivity index (χ3v) is 4.18. The first-order chi connectivity index (χ1) is 11.3. The van der Waals surface area contributed by atoms with Gasteiger partial charge in [0.1, 0.15) is 0 Å². The number of hydrogen-bond donors (Lipinski definition) is 1. The van der Waals surface area contributed by atoms with Crippen molar-refractivity contribution in [3.05, 3.63) is 0 Å². The molecule has 4 heteroatoms. The average molecular weight is 330 g/mol. The van der Waals surface area contributed by atoms with Gasteiger partial charge in [0.05, 0.1) is 13.2 Å². The van der Waals surface area contributed by atoms with Gasteiger partial charge in [0.25, 0.3) is 0 Å². The maximum atomic E-state index is 11.7. The lowest BCUT2D eigenvalue weighted by Gasteiger charge is -2.20. The minimum atomic E-state index is -0.301. The SMILES string of the molecule is CCCCCCCCCCCCCCN(CCO)C(=O)OCC. The Morgan fingerprint density at radius 2 is 1.26 bits per heavy atom. The summed E-state index contributed by atoms with van der Waals surface area (Å²) < 4.78 is 4.99. The molecule has 0 rings (SSSR count). The molecule has 138 valence electrons. The van der Waals surface area contributed by atoms with E-state index in [0.717, 1.165) is 12.8 Å². The highest BCUT2D eigenvalue weighted by Crippen LogP contribution is 2.12. The van der Waals surface area contributed by atoms with Gasteiger partial charge in [-0.1, -0.05) is 77.6 Å². The smallest absolute Gasteiger partial charge is 0.409 e. The molecule has 0 fully saturated rings. The topological polar surface area (TPSA) is 49.8 Å². The molecule has 0 unspecified atom stereocenters. The molecule has 0 aromatic heterocycles. The fourth-order valence-electron chi connectivity index (χ4n) is 2.77.